The van der Waals surface area contributed by atoms with E-state index in [1.54, 1.807) is 13.0 Å². The number of aryl methyl sites for hydroxylation is 1. The summed E-state index contributed by atoms with van der Waals surface area (Å²) in [5.74, 6) is 3.54. The van der Waals surface area contributed by atoms with Crippen LogP contribution in [0, 0.1) is 18.8 Å². The van der Waals surface area contributed by atoms with Gasteiger partial charge in [0.05, 0.1) is 0 Å². The van der Waals surface area contributed by atoms with Crippen molar-refractivity contribution in [2.24, 2.45) is 11.8 Å². The fourth-order valence-corrected chi connectivity index (χ4v) is 4.00. The number of para-hydroxylation sites is 1. The molecule has 2 atom stereocenters. The molecule has 1 aliphatic rings. The first kappa shape index (κ1) is 19.2. The van der Waals surface area contributed by atoms with Crippen molar-refractivity contribution in [3.63, 3.8) is 0 Å². The molecule has 2 unspecified atom stereocenters. The van der Waals surface area contributed by atoms with E-state index in [1.807, 2.05) is 18.2 Å². The largest absolute Gasteiger partial charge is 0.481 e. The van der Waals surface area contributed by atoms with Crippen molar-refractivity contribution < 1.29 is 14.1 Å². The van der Waals surface area contributed by atoms with E-state index in [4.69, 9.17) is 14.2 Å². The first-order valence-corrected chi connectivity index (χ1v) is 9.98. The maximum absolute atomic E-state index is 12.2. The Kier molecular flexibility index (Phi) is 5.38. The number of nitrogens with zero attached hydrogens (tertiary/aromatic N) is 3. The van der Waals surface area contributed by atoms with Gasteiger partial charge in [-0.25, -0.2) is 4.98 Å². The normalized spacial score (nSPS) is 19.3. The van der Waals surface area contributed by atoms with E-state index in [1.165, 1.54) is 6.42 Å². The summed E-state index contributed by atoms with van der Waals surface area (Å²) in [6.07, 6.45) is 1.25. The van der Waals surface area contributed by atoms with Gasteiger partial charge in [0.25, 0.3) is 5.91 Å². The molecule has 1 amide bonds. The highest BCUT2D eigenvalue weighted by atomic mass is 16.5. The van der Waals surface area contributed by atoms with Crippen molar-refractivity contribution in [3.05, 3.63) is 42.2 Å². The van der Waals surface area contributed by atoms with Crippen molar-refractivity contribution in [2.75, 3.05) is 29.9 Å². The Morgan fingerprint density at radius 2 is 2.03 bits per heavy atom. The predicted octanol–water partition coefficient (Wildman–Crippen LogP) is 4.03. The summed E-state index contributed by atoms with van der Waals surface area (Å²) < 4.78 is 10.7. The Bertz CT molecular complexity index is 1010. The second kappa shape index (κ2) is 8.11. The highest BCUT2D eigenvalue weighted by molar-refractivity contribution is 5.91. The Labute approximate surface area is 170 Å². The van der Waals surface area contributed by atoms with Gasteiger partial charge in [0.2, 0.25) is 0 Å². The van der Waals surface area contributed by atoms with Crippen LogP contribution in [-0.2, 0) is 4.79 Å². The van der Waals surface area contributed by atoms with E-state index in [0.717, 1.165) is 29.8 Å². The number of pyridine rings is 1. The van der Waals surface area contributed by atoms with E-state index in [2.05, 4.69) is 41.4 Å². The molecule has 3 heterocycles. The molecule has 2 aromatic heterocycles. The SMILES string of the molecule is Cc1cc(NC(=O)COc2cccc3ccc(N4CC(C)CC(C)C4)nc23)no1. The molecular formula is C22H26N4O3. The summed E-state index contributed by atoms with van der Waals surface area (Å²) in [5.41, 5.74) is 0.765. The number of aromatic nitrogens is 2. The number of carbonyl (C=O) groups excluding carboxylic acids is 1. The number of benzene rings is 1. The van der Waals surface area contributed by atoms with Crippen LogP contribution >= 0.6 is 0 Å². The lowest BCUT2D eigenvalue weighted by Gasteiger charge is -2.35. The van der Waals surface area contributed by atoms with Crippen molar-refractivity contribution in [3.8, 4) is 5.75 Å². The third-order valence-electron chi connectivity index (χ3n) is 5.12. The molecule has 29 heavy (non-hydrogen) atoms. The van der Waals surface area contributed by atoms with E-state index < -0.39 is 0 Å². The standard InChI is InChI=1S/C22H26N4O3/c1-14-9-15(2)12-26(11-14)20-8-7-17-5-4-6-18(22(17)24-20)28-13-21(27)23-19-10-16(3)29-25-19/h4-8,10,14-15H,9,11-13H2,1-3H3,(H,23,25,27). The highest BCUT2D eigenvalue weighted by Gasteiger charge is 2.23. The molecule has 152 valence electrons. The second-order valence-corrected chi connectivity index (χ2v) is 8.01. The molecule has 0 aliphatic carbocycles. The van der Waals surface area contributed by atoms with Gasteiger partial charge in [-0.2, -0.15) is 0 Å². The topological polar surface area (TPSA) is 80.5 Å². The minimum Gasteiger partial charge on any atom is -0.481 e. The molecule has 3 aromatic rings. The van der Waals surface area contributed by atoms with Crippen molar-refractivity contribution in [2.45, 2.75) is 27.2 Å². The van der Waals surface area contributed by atoms with Gasteiger partial charge in [-0.15, -0.1) is 0 Å². The molecule has 7 nitrogen and oxygen atoms in total. The van der Waals surface area contributed by atoms with Crippen molar-refractivity contribution in [1.29, 1.82) is 0 Å². The zero-order valence-electron chi connectivity index (χ0n) is 17.0. The highest BCUT2D eigenvalue weighted by Crippen LogP contribution is 2.29. The lowest BCUT2D eigenvalue weighted by molar-refractivity contribution is -0.118. The molecule has 1 aromatic carbocycles. The van der Waals surface area contributed by atoms with Crippen LogP contribution in [0.2, 0.25) is 0 Å². The Morgan fingerprint density at radius 1 is 1.24 bits per heavy atom. The number of nitrogens with one attached hydrogen (secondary N) is 1. The molecule has 4 rings (SSSR count). The molecule has 1 fully saturated rings. The van der Waals surface area contributed by atoms with Crippen LogP contribution in [0.1, 0.15) is 26.0 Å². The zero-order valence-corrected chi connectivity index (χ0v) is 17.0. The van der Waals surface area contributed by atoms with Crippen LogP contribution in [0.4, 0.5) is 11.6 Å². The number of fused-ring (bicyclic) bond motifs is 1. The van der Waals surface area contributed by atoms with E-state index >= 15 is 0 Å². The number of rotatable bonds is 5. The monoisotopic (exact) mass is 394 g/mol. The maximum Gasteiger partial charge on any atom is 0.263 e. The Balaban J connectivity index is 1.50. The molecule has 1 N–H and O–H groups in total. The molecule has 1 saturated heterocycles. The van der Waals surface area contributed by atoms with Gasteiger partial charge in [0, 0.05) is 24.5 Å². The van der Waals surface area contributed by atoms with Gasteiger partial charge in [-0.1, -0.05) is 31.1 Å². The van der Waals surface area contributed by atoms with E-state index in [0.29, 0.717) is 29.2 Å². The molecule has 0 saturated carbocycles. The molecule has 1 aliphatic heterocycles. The molecule has 7 heteroatoms. The first-order chi connectivity index (χ1) is 14.0. The third-order valence-corrected chi connectivity index (χ3v) is 5.12. The lowest BCUT2D eigenvalue weighted by atomic mass is 9.92. The molecule has 0 spiro atoms. The summed E-state index contributed by atoms with van der Waals surface area (Å²) in [5, 5.41) is 7.40. The van der Waals surface area contributed by atoms with Crippen LogP contribution in [0.25, 0.3) is 10.9 Å². The number of hydrogen-bond acceptors (Lipinski definition) is 6. The van der Waals surface area contributed by atoms with Gasteiger partial charge in [-0.05, 0) is 43.4 Å². The minimum atomic E-state index is -0.301. The summed E-state index contributed by atoms with van der Waals surface area (Å²) in [6, 6.07) is 11.5. The minimum absolute atomic E-state index is 0.130. The molecular weight excluding hydrogens is 368 g/mol. The Morgan fingerprint density at radius 3 is 2.76 bits per heavy atom. The fourth-order valence-electron chi connectivity index (χ4n) is 4.00. The number of piperidine rings is 1. The maximum atomic E-state index is 12.2. The van der Waals surface area contributed by atoms with Crippen LogP contribution < -0.4 is 15.0 Å². The van der Waals surface area contributed by atoms with E-state index in [-0.39, 0.29) is 12.5 Å². The van der Waals surface area contributed by atoms with Crippen LogP contribution in [-0.4, -0.2) is 35.7 Å². The first-order valence-electron chi connectivity index (χ1n) is 9.98. The number of carbonyl (C=O) groups is 1. The van der Waals surface area contributed by atoms with Gasteiger partial charge in [-0.3, -0.25) is 4.79 Å². The summed E-state index contributed by atoms with van der Waals surface area (Å²) in [6.45, 7) is 8.22. The summed E-state index contributed by atoms with van der Waals surface area (Å²) >= 11 is 0. The van der Waals surface area contributed by atoms with Gasteiger partial charge < -0.3 is 19.5 Å². The van der Waals surface area contributed by atoms with E-state index in [9.17, 15) is 4.79 Å². The summed E-state index contributed by atoms with van der Waals surface area (Å²) in [4.78, 5) is 19.4. The van der Waals surface area contributed by atoms with Crippen molar-refractivity contribution >= 4 is 28.4 Å². The average Bonchev–Trinajstić information content (AvgIpc) is 3.09. The number of ether oxygens (including phenoxy) is 1. The van der Waals surface area contributed by atoms with Crippen molar-refractivity contribution in [1.82, 2.24) is 10.1 Å². The smallest absolute Gasteiger partial charge is 0.263 e. The third kappa shape index (κ3) is 4.50. The second-order valence-electron chi connectivity index (χ2n) is 8.01. The molecule has 0 radical (unpaired) electrons. The predicted molar refractivity (Wildman–Crippen MR) is 112 cm³/mol. The number of hydrogen-bond donors (Lipinski definition) is 1. The number of anilines is 2. The van der Waals surface area contributed by atoms with Crippen LogP contribution in [0.3, 0.4) is 0 Å². The Hall–Kier alpha value is -3.09. The lowest BCUT2D eigenvalue weighted by Crippen LogP contribution is -2.39. The number of amides is 1. The van der Waals surface area contributed by atoms with Gasteiger partial charge >= 0.3 is 0 Å². The van der Waals surface area contributed by atoms with Crippen LogP contribution in [0.5, 0.6) is 5.75 Å². The van der Waals surface area contributed by atoms with Crippen LogP contribution in [0.15, 0.2) is 40.9 Å². The molecule has 0 bridgehead atoms. The average molecular weight is 394 g/mol. The van der Waals surface area contributed by atoms with Gasteiger partial charge in [0.15, 0.2) is 12.4 Å². The fraction of sp³-hybridized carbons (Fsp3) is 0.409. The summed E-state index contributed by atoms with van der Waals surface area (Å²) in [7, 11) is 0. The quantitative estimate of drug-likeness (QED) is 0.704. The van der Waals surface area contributed by atoms with Gasteiger partial charge in [0.1, 0.15) is 22.8 Å². The zero-order chi connectivity index (χ0) is 20.4.